The van der Waals surface area contributed by atoms with Gasteiger partial charge in [0.15, 0.2) is 0 Å². The molecule has 0 atom stereocenters. The summed E-state index contributed by atoms with van der Waals surface area (Å²) in [5.41, 5.74) is 0. The Balaban J connectivity index is 1.35. The van der Waals surface area contributed by atoms with Gasteiger partial charge in [-0.05, 0) is 83.0 Å². The van der Waals surface area contributed by atoms with Crippen LogP contribution in [0.2, 0.25) is 0 Å². The molecule has 7 rings (SSSR count). The molecule has 0 N–H and O–H groups in total. The van der Waals surface area contributed by atoms with Gasteiger partial charge in [0.05, 0.1) is 42.4 Å². The summed E-state index contributed by atoms with van der Waals surface area (Å²) < 4.78 is 14.6. The van der Waals surface area contributed by atoms with Crippen molar-refractivity contribution < 1.29 is 0 Å². The van der Waals surface area contributed by atoms with Crippen LogP contribution in [0.5, 0.6) is 0 Å². The van der Waals surface area contributed by atoms with Crippen LogP contribution in [0, 0.1) is 0 Å². The third-order valence-electron chi connectivity index (χ3n) is 8.38. The molecule has 0 unspecified atom stereocenters. The fourth-order valence-electron chi connectivity index (χ4n) is 5.90. The highest BCUT2D eigenvalue weighted by Gasteiger charge is 2.31. The van der Waals surface area contributed by atoms with Crippen LogP contribution in [0.25, 0.3) is 30.0 Å². The van der Waals surface area contributed by atoms with Gasteiger partial charge >= 0.3 is 0 Å². The third-order valence-corrected chi connectivity index (χ3v) is 27.6. The van der Waals surface area contributed by atoms with E-state index >= 15 is 0 Å². The van der Waals surface area contributed by atoms with E-state index in [1.807, 2.05) is 118 Å². The van der Waals surface area contributed by atoms with E-state index in [0.29, 0.717) is 0 Å². The average Bonchev–Trinajstić information content (AvgIpc) is 3.97. The first-order chi connectivity index (χ1) is 25.5. The smallest absolute Gasteiger partial charge is 0.0717 e. The van der Waals surface area contributed by atoms with Gasteiger partial charge in [-0.3, -0.25) is 0 Å². The number of thioether (sulfide) groups is 14. The molecule has 52 heavy (non-hydrogen) atoms. The molecule has 0 amide bonds. The van der Waals surface area contributed by atoms with Crippen molar-refractivity contribution in [1.82, 2.24) is 0 Å². The summed E-state index contributed by atoms with van der Waals surface area (Å²) >= 11 is 27.8. The number of hydrogen-bond donors (Lipinski definition) is 0. The van der Waals surface area contributed by atoms with Crippen molar-refractivity contribution in [3.63, 3.8) is 0 Å². The Bertz CT molecular complexity index is 1940. The zero-order valence-electron chi connectivity index (χ0n) is 29.8. The molecule has 0 aliphatic carbocycles. The highest BCUT2D eigenvalue weighted by Crippen LogP contribution is 2.65. The summed E-state index contributed by atoms with van der Waals surface area (Å²) in [7, 11) is 0. The molecule has 0 spiro atoms. The lowest BCUT2D eigenvalue weighted by atomic mass is 9.99. The van der Waals surface area contributed by atoms with E-state index in [1.54, 1.807) is 8.47 Å². The maximum absolute atomic E-state index is 2.56. The van der Waals surface area contributed by atoms with Crippen LogP contribution in [-0.4, -0.2) is 36.5 Å². The van der Waals surface area contributed by atoms with Gasteiger partial charge in [0.2, 0.25) is 0 Å². The Labute approximate surface area is 369 Å². The highest BCUT2D eigenvalue weighted by atomic mass is 32.3. The van der Waals surface area contributed by atoms with Crippen LogP contribution < -0.4 is 10.4 Å². The first-order valence-corrected chi connectivity index (χ1v) is 30.5. The van der Waals surface area contributed by atoms with E-state index < -0.39 is 0 Å². The number of rotatable bonds is 14. The molecule has 3 aromatic rings. The molecule has 14 heteroatoms. The number of unbranched alkanes of at least 4 members (excludes halogenated alkanes) is 4. The minimum absolute atomic E-state index is 1.23. The summed E-state index contributed by atoms with van der Waals surface area (Å²) in [4.78, 5) is 2.82. The average molecular weight is 946 g/mol. The van der Waals surface area contributed by atoms with Crippen LogP contribution >= 0.6 is 165 Å². The molecule has 276 valence electrons. The van der Waals surface area contributed by atoms with Gasteiger partial charge in [0.1, 0.15) is 0 Å². The lowest BCUT2D eigenvalue weighted by Gasteiger charge is -2.13. The second-order valence-electron chi connectivity index (χ2n) is 11.8. The zero-order valence-corrected chi connectivity index (χ0v) is 41.3. The second-order valence-corrected chi connectivity index (χ2v) is 28.0. The second kappa shape index (κ2) is 20.2. The lowest BCUT2D eigenvalue weighted by Crippen LogP contribution is -2.17. The molecule has 0 saturated carbocycles. The topological polar surface area (TPSA) is 0 Å². The van der Waals surface area contributed by atoms with E-state index in [9.17, 15) is 0 Å². The Hall–Kier alpha value is 1.78. The summed E-state index contributed by atoms with van der Waals surface area (Å²) in [6.07, 6.45) is 16.7. The van der Waals surface area contributed by atoms with Gasteiger partial charge in [-0.2, -0.15) is 0 Å². The molecule has 0 aromatic heterocycles. The standard InChI is InChI=1S/C38H40S14/c1-7-9-13-17-43-35-36(44-18-14-10-8-2)52-38(51-35)37-45-25-19-23-24(20-26(25)46-37)28(30-49-33(41-5)34(42-6)50-30)22-16-12-11-15-21(22)27(23)29-47-31(39-3)32(40-4)48-29/h11-12,15-16,19-20H,7-10,13-14,17-18H2,1-6H3. The number of fused-ring (bicyclic) bond motifs is 3. The lowest BCUT2D eigenvalue weighted by molar-refractivity contribution is 0.779. The summed E-state index contributed by atoms with van der Waals surface area (Å²) in [6.45, 7) is 4.61. The van der Waals surface area contributed by atoms with Gasteiger partial charge in [0.25, 0.3) is 0 Å². The predicted molar refractivity (Wildman–Crippen MR) is 271 cm³/mol. The Morgan fingerprint density at radius 1 is 0.423 bits per heavy atom. The van der Waals surface area contributed by atoms with Crippen molar-refractivity contribution in [2.75, 3.05) is 36.5 Å². The van der Waals surface area contributed by atoms with Crippen LogP contribution in [0.1, 0.15) is 52.4 Å². The first-order valence-electron chi connectivity index (χ1n) is 17.1. The normalized spacial score (nSPS) is 17.9. The maximum atomic E-state index is 2.56. The first kappa shape index (κ1) is 41.9. The highest BCUT2D eigenvalue weighted by molar-refractivity contribution is 8.46. The molecular formula is C38H40S14. The fraction of sp³-hybridized carbons (Fsp3) is 0.368. The molecule has 4 heterocycles. The maximum Gasteiger partial charge on any atom is 0.0717 e. The molecule has 0 bridgehead atoms. The zero-order chi connectivity index (χ0) is 36.2. The predicted octanol–water partition coefficient (Wildman–Crippen LogP) is 16.6. The summed E-state index contributed by atoms with van der Waals surface area (Å²) in [5.74, 6) is 2.45. The molecule has 4 aliphatic heterocycles. The Morgan fingerprint density at radius 3 is 1.15 bits per heavy atom. The van der Waals surface area contributed by atoms with Gasteiger partial charge in [-0.1, -0.05) is 158 Å². The number of benzene rings is 3. The van der Waals surface area contributed by atoms with Crippen LogP contribution in [0.15, 0.2) is 80.1 Å². The van der Waals surface area contributed by atoms with Crippen molar-refractivity contribution in [2.45, 2.75) is 62.2 Å². The van der Waals surface area contributed by atoms with Crippen LogP contribution in [0.3, 0.4) is 0 Å². The van der Waals surface area contributed by atoms with Gasteiger partial charge in [-0.15, -0.1) is 70.6 Å². The SMILES string of the molecule is CCCCCSC1=C(SCCCCC)SC(=C2Sc3cc4c(=C5SC(SC)=C(SC)S5)c5ccccc5c(=C5SC(SC)=C(SC)S5)c4cc3S2)S1. The number of hydrogen-bond acceptors (Lipinski definition) is 14. The Kier molecular flexibility index (Phi) is 16.3. The molecule has 0 fully saturated rings. The van der Waals surface area contributed by atoms with Crippen LogP contribution in [-0.2, 0) is 0 Å². The summed E-state index contributed by atoms with van der Waals surface area (Å²) in [5, 5.41) is 8.35. The monoisotopic (exact) mass is 944 g/mol. The van der Waals surface area contributed by atoms with Crippen molar-refractivity contribution >= 4 is 195 Å². The van der Waals surface area contributed by atoms with Gasteiger partial charge in [0, 0.05) is 20.2 Å². The van der Waals surface area contributed by atoms with E-state index in [1.165, 1.54) is 126 Å². The van der Waals surface area contributed by atoms with E-state index in [-0.39, 0.29) is 0 Å². The van der Waals surface area contributed by atoms with E-state index in [2.05, 4.69) is 122 Å². The van der Waals surface area contributed by atoms with Gasteiger partial charge < -0.3 is 0 Å². The third kappa shape index (κ3) is 9.15. The fourth-order valence-corrected chi connectivity index (χ4v) is 25.0. The molecule has 4 aliphatic rings. The molecule has 0 radical (unpaired) electrons. The van der Waals surface area contributed by atoms with Crippen molar-refractivity contribution in [2.24, 2.45) is 0 Å². The molecular weight excluding hydrogens is 905 g/mol. The van der Waals surface area contributed by atoms with Crippen LogP contribution in [0.4, 0.5) is 0 Å². The van der Waals surface area contributed by atoms with E-state index in [4.69, 9.17) is 0 Å². The van der Waals surface area contributed by atoms with E-state index in [0.717, 1.165) is 0 Å². The summed E-state index contributed by atoms with van der Waals surface area (Å²) in [6, 6.07) is 14.3. The van der Waals surface area contributed by atoms with Gasteiger partial charge in [-0.25, -0.2) is 0 Å². The molecule has 0 saturated heterocycles. The van der Waals surface area contributed by atoms with Crippen molar-refractivity contribution in [3.05, 3.63) is 80.7 Å². The Morgan fingerprint density at radius 2 is 0.788 bits per heavy atom. The van der Waals surface area contributed by atoms with Crippen molar-refractivity contribution in [1.29, 1.82) is 0 Å². The molecule has 0 nitrogen and oxygen atoms in total. The minimum Gasteiger partial charge on any atom is -0.121 e. The minimum atomic E-state index is 1.23. The van der Waals surface area contributed by atoms with Crippen molar-refractivity contribution in [3.8, 4) is 0 Å². The largest absolute Gasteiger partial charge is 0.121 e. The quantitative estimate of drug-likeness (QED) is 0.111. The molecule has 3 aromatic carbocycles.